The van der Waals surface area contributed by atoms with Crippen molar-refractivity contribution < 1.29 is 323 Å². The molecule has 0 heterocycles. The molecule has 0 amide bonds. The highest BCUT2D eigenvalue weighted by atomic mass is 19.4. The average Bonchev–Trinajstić information content (AvgIpc) is 0.672. The number of ether oxygens (including phenoxy) is 12. The summed E-state index contributed by atoms with van der Waals surface area (Å²) in [6.07, 6.45) is -263. The number of rotatable bonds is 40. The zero-order valence-electron chi connectivity index (χ0n) is 42.4. The van der Waals surface area contributed by atoms with E-state index in [2.05, 4.69) is 0 Å². The van der Waals surface area contributed by atoms with E-state index >= 15 is 35.1 Å². The Balaban J connectivity index is 10.2. The molecule has 608 valence electrons. The lowest BCUT2D eigenvalue weighted by Gasteiger charge is -2.51. The molecule has 4 N–H and O–H groups in total. The zero-order valence-corrected chi connectivity index (χ0v) is 42.4. The van der Waals surface area contributed by atoms with E-state index in [0.29, 0.717) is 18.9 Å². The smallest absolute Gasteiger partial charge is 0.329 e. The third kappa shape index (κ3) is 18.6. The first-order valence-electron chi connectivity index (χ1n) is 20.4. The average molecular weight is 1670 g/mol. The van der Waals surface area contributed by atoms with E-state index in [4.69, 9.17) is 20.4 Å². The van der Waals surface area contributed by atoms with Crippen LogP contribution in [0.4, 0.5) is 246 Å². The molecule has 72 heteroatoms. The fourth-order valence-electron chi connectivity index (χ4n) is 4.45. The molecule has 0 bridgehead atoms. The van der Waals surface area contributed by atoms with Crippen molar-refractivity contribution >= 4 is 0 Å². The second kappa shape index (κ2) is 25.9. The van der Waals surface area contributed by atoms with Crippen molar-refractivity contribution in [3.8, 4) is 0 Å². The standard InChI is InChI=1S/C29H4F56O16/c30-2(31,86)10(46,47)94-18(62,63)26(78,79)98-22(70,71)14(54,55)90-6(38,39)1(7(40,41)91-15(56,57)23(72,73)99-27(80,81)19(64,65)95-11(48,49)3(32,33)87,8(42,43)92-16(58,59)24(74,75)100-28(82,83)20(66,67)96-12(50,51)4(34,35)88)9(44,45)93-17(60,61)25(76,77)101-29(84,85)21(68,69)97-13(52,53)5(36,37)89/h86-89H. The summed E-state index contributed by atoms with van der Waals surface area (Å²) in [5.74, 6) is 0. The Morgan fingerprint density at radius 2 is 0.158 bits per heavy atom. The summed E-state index contributed by atoms with van der Waals surface area (Å²) in [5.41, 5.74) is -12.2. The highest BCUT2D eigenvalue weighted by Gasteiger charge is 3.00. The van der Waals surface area contributed by atoms with Crippen LogP contribution < -0.4 is 0 Å². The fraction of sp³-hybridized carbons (Fsp3) is 1.00. The Hall–Kier alpha value is -4.56. The van der Waals surface area contributed by atoms with Crippen molar-refractivity contribution in [3.05, 3.63) is 0 Å². The summed E-state index contributed by atoms with van der Waals surface area (Å²) < 4.78 is 795. The SMILES string of the molecule is OC(F)(F)C(F)(F)OC(F)(F)C(F)(F)OC(F)(F)C(F)(F)OC(F)(F)C(C(F)(F)OC(F)(F)C(F)(F)OC(F)(F)C(F)(F)OC(F)(F)C(O)(F)F)(C(F)(F)OC(F)(F)C(F)(F)OC(F)(F)C(F)(F)OC(F)(F)C(O)(F)F)C(F)(F)OC(F)(F)C(F)(F)OC(F)(F)C(F)(F)OC(F)(F)C(O)(F)F. The summed E-state index contributed by atoms with van der Waals surface area (Å²) in [4.78, 5) is 0. The van der Waals surface area contributed by atoms with Crippen LogP contribution in [0.15, 0.2) is 0 Å². The van der Waals surface area contributed by atoms with E-state index in [9.17, 15) is 211 Å². The minimum atomic E-state index is -12.2. The lowest BCUT2D eigenvalue weighted by atomic mass is 9.80. The first-order valence-corrected chi connectivity index (χ1v) is 20.4. The second-order valence-electron chi connectivity index (χ2n) is 16.5. The third-order valence-corrected chi connectivity index (χ3v) is 8.93. The lowest BCUT2D eigenvalue weighted by molar-refractivity contribution is -0.647. The van der Waals surface area contributed by atoms with E-state index < -0.39 is 176 Å². The van der Waals surface area contributed by atoms with Gasteiger partial charge in [-0.05, 0) is 0 Å². The summed E-state index contributed by atoms with van der Waals surface area (Å²) in [7, 11) is 0. The van der Waals surface area contributed by atoms with Crippen molar-refractivity contribution in [2.75, 3.05) is 0 Å². The molecule has 0 unspecified atom stereocenters. The molecule has 16 nitrogen and oxygen atoms in total. The number of halogens is 56. The van der Waals surface area contributed by atoms with Crippen molar-refractivity contribution in [2.24, 2.45) is 5.41 Å². The Morgan fingerprint density at radius 1 is 0.0990 bits per heavy atom. The number of hydrogen-bond donors (Lipinski definition) is 4. The molecule has 0 aliphatic carbocycles. The van der Waals surface area contributed by atoms with Crippen LogP contribution in [-0.2, 0) is 56.8 Å². The third-order valence-electron chi connectivity index (χ3n) is 8.93. The zero-order chi connectivity index (χ0) is 83.0. The van der Waals surface area contributed by atoms with Crippen LogP contribution in [0.3, 0.4) is 0 Å². The van der Waals surface area contributed by atoms with Crippen LogP contribution in [-0.4, -0.2) is 191 Å². The molecular formula is C29H4F56O16. The summed E-state index contributed by atoms with van der Waals surface area (Å²) in [6.45, 7) is 0. The summed E-state index contributed by atoms with van der Waals surface area (Å²) in [5, 5.41) is 30.6. The van der Waals surface area contributed by atoms with E-state index in [0.717, 1.165) is 18.9 Å². The van der Waals surface area contributed by atoms with Crippen molar-refractivity contribution in [1.82, 2.24) is 0 Å². The Bertz CT molecular complexity index is 2440. The molecule has 0 aliphatic heterocycles. The van der Waals surface area contributed by atoms with Gasteiger partial charge in [-0.1, -0.05) is 0 Å². The van der Waals surface area contributed by atoms with Gasteiger partial charge < -0.3 is 20.4 Å². The van der Waals surface area contributed by atoms with E-state index in [1.54, 1.807) is 0 Å². The predicted molar refractivity (Wildman–Crippen MR) is 163 cm³/mol. The first-order chi connectivity index (χ1) is 42.5. The van der Waals surface area contributed by atoms with Crippen LogP contribution in [0.2, 0.25) is 0 Å². The van der Waals surface area contributed by atoms with Gasteiger partial charge in [0, 0.05) is 0 Å². The maximum Gasteiger partial charge on any atom is 0.453 e. The molecule has 0 atom stereocenters. The van der Waals surface area contributed by atoms with Crippen LogP contribution >= 0.6 is 0 Å². The van der Waals surface area contributed by atoms with Gasteiger partial charge in [-0.15, -0.1) is 0 Å². The number of hydrogen-bond acceptors (Lipinski definition) is 16. The maximum atomic E-state index is 16.0. The van der Waals surface area contributed by atoms with Gasteiger partial charge in [0.2, 0.25) is 0 Å². The van der Waals surface area contributed by atoms with Gasteiger partial charge in [0.05, 0.1) is 0 Å². The highest BCUT2D eigenvalue weighted by Crippen LogP contribution is 2.71. The number of aliphatic hydroxyl groups is 4. The highest BCUT2D eigenvalue weighted by molar-refractivity contribution is 5.09. The summed E-state index contributed by atoms with van der Waals surface area (Å²) in [6, 6.07) is 0. The van der Waals surface area contributed by atoms with Gasteiger partial charge in [0.25, 0.3) is 0 Å². The molecule has 0 rings (SSSR count). The molecule has 0 spiro atoms. The van der Waals surface area contributed by atoms with Crippen molar-refractivity contribution in [2.45, 2.75) is 171 Å². The molecule has 0 fully saturated rings. The van der Waals surface area contributed by atoms with Gasteiger partial charge in [0.1, 0.15) is 0 Å². The van der Waals surface area contributed by atoms with Crippen LogP contribution in [0.1, 0.15) is 0 Å². The molecule has 0 radical (unpaired) electrons. The molecule has 0 saturated carbocycles. The largest absolute Gasteiger partial charge is 0.453 e. The fourth-order valence-corrected chi connectivity index (χ4v) is 4.45. The van der Waals surface area contributed by atoms with E-state index in [1.165, 1.54) is 0 Å². The molecule has 0 aromatic carbocycles. The van der Waals surface area contributed by atoms with Gasteiger partial charge in [-0.25, -0.2) is 56.8 Å². The number of alkyl halides is 56. The van der Waals surface area contributed by atoms with Gasteiger partial charge in [-0.2, -0.15) is 246 Å². The topological polar surface area (TPSA) is 192 Å². The molecular weight excluding hydrogens is 1670 g/mol. The monoisotopic (exact) mass is 1670 g/mol. The van der Waals surface area contributed by atoms with Gasteiger partial charge in [-0.3, -0.25) is 0 Å². The van der Waals surface area contributed by atoms with Crippen LogP contribution in [0.5, 0.6) is 0 Å². The Kier molecular flexibility index (Phi) is 24.7. The minimum absolute atomic E-state index is 0.221. The van der Waals surface area contributed by atoms with E-state index in [-0.39, 0.29) is 18.9 Å². The van der Waals surface area contributed by atoms with E-state index in [1.807, 2.05) is 0 Å². The molecule has 0 saturated heterocycles. The normalized spacial score (nSPS) is 17.0. The maximum absolute atomic E-state index is 16.0. The first kappa shape index (κ1) is 96.4. The molecule has 0 aromatic heterocycles. The minimum Gasteiger partial charge on any atom is -0.329 e. The van der Waals surface area contributed by atoms with Gasteiger partial charge in [0.15, 0.2) is 0 Å². The summed E-state index contributed by atoms with van der Waals surface area (Å²) >= 11 is 0. The Labute approximate surface area is 501 Å². The Morgan fingerprint density at radius 3 is 0.228 bits per heavy atom. The van der Waals surface area contributed by atoms with Gasteiger partial charge >= 0.3 is 176 Å². The van der Waals surface area contributed by atoms with Crippen LogP contribution in [0, 0.1) is 5.41 Å². The molecule has 101 heavy (non-hydrogen) atoms. The second-order valence-corrected chi connectivity index (χ2v) is 16.5. The quantitative estimate of drug-likeness (QED) is 0.0423. The predicted octanol–water partition coefficient (Wildman–Crippen LogP) is 14.7. The van der Waals surface area contributed by atoms with Crippen molar-refractivity contribution in [3.63, 3.8) is 0 Å². The van der Waals surface area contributed by atoms with Crippen molar-refractivity contribution in [1.29, 1.82) is 0 Å². The lowest BCUT2D eigenvalue weighted by Crippen LogP contribution is -2.78. The van der Waals surface area contributed by atoms with Crippen LogP contribution in [0.25, 0.3) is 0 Å². The molecule has 0 aliphatic rings. The molecule has 0 aromatic rings.